The predicted octanol–water partition coefficient (Wildman–Crippen LogP) is 5.51. The Morgan fingerprint density at radius 3 is 2.52 bits per heavy atom. The highest BCUT2D eigenvalue weighted by Crippen LogP contribution is 2.71. The van der Waals surface area contributed by atoms with Gasteiger partial charge in [0.05, 0.1) is 5.54 Å². The second kappa shape index (κ2) is 4.53. The maximum Gasteiger partial charge on any atom is 0.0512 e. The summed E-state index contributed by atoms with van der Waals surface area (Å²) in [5.41, 5.74) is 9.61. The second-order valence-electron chi connectivity index (χ2n) is 8.05. The molecule has 1 saturated carbocycles. The largest absolute Gasteiger partial charge is 0.358 e. The Kier molecular flexibility index (Phi) is 2.96. The fourth-order valence-electron chi connectivity index (χ4n) is 6.00. The SMILES string of the molecule is CCC12CC1(CC)N1C(=CC(C)=CC1C)c1cc(C)cc(C)c12. The van der Waals surface area contributed by atoms with E-state index in [2.05, 4.69) is 70.7 Å². The predicted molar refractivity (Wildman–Crippen MR) is 98.6 cm³/mol. The van der Waals surface area contributed by atoms with Crippen LogP contribution in [-0.2, 0) is 5.41 Å². The van der Waals surface area contributed by atoms with Crippen LogP contribution >= 0.6 is 0 Å². The van der Waals surface area contributed by atoms with Crippen LogP contribution < -0.4 is 0 Å². The molecular formula is C22H29N. The van der Waals surface area contributed by atoms with E-state index in [9.17, 15) is 0 Å². The number of hydrogen-bond acceptors (Lipinski definition) is 1. The normalized spacial score (nSPS) is 34.2. The highest BCUT2D eigenvalue weighted by Gasteiger charge is 2.72. The van der Waals surface area contributed by atoms with Crippen LogP contribution in [0.2, 0.25) is 0 Å². The lowest BCUT2D eigenvalue weighted by Crippen LogP contribution is -2.50. The molecule has 2 aliphatic heterocycles. The summed E-state index contributed by atoms with van der Waals surface area (Å²) in [6.45, 7) is 14.0. The number of nitrogens with zero attached hydrogens (tertiary/aromatic N) is 1. The van der Waals surface area contributed by atoms with Gasteiger partial charge in [-0.05, 0) is 70.2 Å². The third kappa shape index (κ3) is 1.64. The summed E-state index contributed by atoms with van der Waals surface area (Å²) in [7, 11) is 0. The molecule has 0 saturated heterocycles. The van der Waals surface area contributed by atoms with Gasteiger partial charge in [-0.3, -0.25) is 0 Å². The Hall–Kier alpha value is -1.50. The fourth-order valence-corrected chi connectivity index (χ4v) is 6.00. The van der Waals surface area contributed by atoms with Crippen LogP contribution in [0.1, 0.15) is 69.2 Å². The molecule has 2 heterocycles. The summed E-state index contributed by atoms with van der Waals surface area (Å²) in [6.07, 6.45) is 8.66. The molecule has 3 aliphatic rings. The van der Waals surface area contributed by atoms with Gasteiger partial charge >= 0.3 is 0 Å². The topological polar surface area (TPSA) is 3.24 Å². The van der Waals surface area contributed by atoms with Crippen molar-refractivity contribution in [2.45, 2.75) is 77.8 Å². The van der Waals surface area contributed by atoms with Crippen molar-refractivity contribution in [3.63, 3.8) is 0 Å². The molecule has 3 atom stereocenters. The van der Waals surface area contributed by atoms with Gasteiger partial charge in [-0.15, -0.1) is 0 Å². The third-order valence-electron chi connectivity index (χ3n) is 6.78. The van der Waals surface area contributed by atoms with Crippen LogP contribution in [0.4, 0.5) is 0 Å². The first-order valence-corrected chi connectivity index (χ1v) is 9.22. The summed E-state index contributed by atoms with van der Waals surface area (Å²) < 4.78 is 0. The Balaban J connectivity index is 2.07. The molecule has 0 N–H and O–H groups in total. The van der Waals surface area contributed by atoms with Crippen molar-refractivity contribution in [2.75, 3.05) is 0 Å². The van der Waals surface area contributed by atoms with E-state index in [0.29, 0.717) is 17.0 Å². The third-order valence-corrected chi connectivity index (χ3v) is 6.78. The molecule has 4 rings (SSSR count). The standard InChI is InChI=1S/C22H29N/c1-7-21-13-22(21,8-2)23-17(6)10-15(4)12-19(23)18-11-14(3)9-16(5)20(18)21/h9-12,17H,7-8,13H2,1-6H3. The molecule has 122 valence electrons. The van der Waals surface area contributed by atoms with Crippen molar-refractivity contribution in [3.05, 3.63) is 52.1 Å². The van der Waals surface area contributed by atoms with Gasteiger partial charge < -0.3 is 4.90 Å². The van der Waals surface area contributed by atoms with Gasteiger partial charge in [0, 0.05) is 22.7 Å². The monoisotopic (exact) mass is 307 g/mol. The van der Waals surface area contributed by atoms with Gasteiger partial charge in [-0.25, -0.2) is 0 Å². The first-order chi connectivity index (χ1) is 10.9. The average Bonchev–Trinajstić information content (AvgIpc) is 3.16. The number of aryl methyl sites for hydroxylation is 2. The highest BCUT2D eigenvalue weighted by molar-refractivity contribution is 5.79. The summed E-state index contributed by atoms with van der Waals surface area (Å²) in [6, 6.07) is 5.32. The molecule has 0 radical (unpaired) electrons. The second-order valence-corrected chi connectivity index (χ2v) is 8.05. The van der Waals surface area contributed by atoms with Crippen LogP contribution in [0.3, 0.4) is 0 Å². The maximum atomic E-state index is 2.77. The zero-order chi connectivity index (χ0) is 16.6. The lowest BCUT2D eigenvalue weighted by atomic mass is 9.74. The maximum absolute atomic E-state index is 2.77. The van der Waals surface area contributed by atoms with Crippen molar-refractivity contribution in [1.82, 2.24) is 4.90 Å². The Morgan fingerprint density at radius 2 is 1.87 bits per heavy atom. The van der Waals surface area contributed by atoms with E-state index in [1.54, 1.807) is 5.56 Å². The number of allylic oxidation sites excluding steroid dienone is 2. The van der Waals surface area contributed by atoms with Crippen LogP contribution in [0.5, 0.6) is 0 Å². The van der Waals surface area contributed by atoms with Crippen LogP contribution in [-0.4, -0.2) is 16.5 Å². The smallest absolute Gasteiger partial charge is 0.0512 e. The molecular weight excluding hydrogens is 278 g/mol. The Morgan fingerprint density at radius 1 is 1.13 bits per heavy atom. The van der Waals surface area contributed by atoms with E-state index in [1.165, 1.54) is 47.2 Å². The Labute approximate surface area is 141 Å². The molecule has 0 bridgehead atoms. The molecule has 1 fully saturated rings. The van der Waals surface area contributed by atoms with Crippen molar-refractivity contribution in [2.24, 2.45) is 0 Å². The van der Waals surface area contributed by atoms with Gasteiger partial charge in [-0.1, -0.05) is 37.1 Å². The van der Waals surface area contributed by atoms with E-state index in [4.69, 9.17) is 0 Å². The minimum atomic E-state index is 0.331. The molecule has 1 aromatic rings. The van der Waals surface area contributed by atoms with Crippen molar-refractivity contribution < 1.29 is 0 Å². The van der Waals surface area contributed by atoms with E-state index in [0.717, 1.165) is 0 Å². The summed E-state index contributed by atoms with van der Waals surface area (Å²) >= 11 is 0. The van der Waals surface area contributed by atoms with Crippen molar-refractivity contribution in [1.29, 1.82) is 0 Å². The molecule has 0 spiro atoms. The Bertz CT molecular complexity index is 753. The summed E-state index contributed by atoms with van der Waals surface area (Å²) in [4.78, 5) is 2.77. The first-order valence-electron chi connectivity index (χ1n) is 9.22. The molecule has 1 heteroatoms. The molecule has 3 unspecified atom stereocenters. The lowest BCUT2D eigenvalue weighted by molar-refractivity contribution is 0.191. The number of hydrogen-bond donors (Lipinski definition) is 0. The summed E-state index contributed by atoms with van der Waals surface area (Å²) in [5, 5.41) is 0. The van der Waals surface area contributed by atoms with E-state index in [-0.39, 0.29) is 0 Å². The zero-order valence-electron chi connectivity index (χ0n) is 15.5. The molecule has 0 aromatic heterocycles. The van der Waals surface area contributed by atoms with Crippen LogP contribution in [0.15, 0.2) is 29.9 Å². The lowest BCUT2D eigenvalue weighted by Gasteiger charge is -2.49. The van der Waals surface area contributed by atoms with Gasteiger partial charge in [0.25, 0.3) is 0 Å². The molecule has 1 aliphatic carbocycles. The fraction of sp³-hybridized carbons (Fsp3) is 0.545. The van der Waals surface area contributed by atoms with Crippen LogP contribution in [0, 0.1) is 13.8 Å². The van der Waals surface area contributed by atoms with E-state index < -0.39 is 0 Å². The molecule has 1 aromatic carbocycles. The van der Waals surface area contributed by atoms with Gasteiger partial charge in [0.15, 0.2) is 0 Å². The van der Waals surface area contributed by atoms with Crippen molar-refractivity contribution >= 4 is 5.70 Å². The quantitative estimate of drug-likeness (QED) is 0.696. The van der Waals surface area contributed by atoms with Gasteiger partial charge in [0.1, 0.15) is 0 Å². The molecule has 1 nitrogen and oxygen atoms in total. The zero-order valence-corrected chi connectivity index (χ0v) is 15.5. The minimum absolute atomic E-state index is 0.331. The molecule has 23 heavy (non-hydrogen) atoms. The minimum Gasteiger partial charge on any atom is -0.358 e. The number of benzene rings is 1. The van der Waals surface area contributed by atoms with Gasteiger partial charge in [0.2, 0.25) is 0 Å². The van der Waals surface area contributed by atoms with E-state index in [1.807, 2.05) is 0 Å². The van der Waals surface area contributed by atoms with Gasteiger partial charge in [-0.2, -0.15) is 0 Å². The highest BCUT2D eigenvalue weighted by atomic mass is 15.3. The molecule has 0 amide bonds. The average molecular weight is 307 g/mol. The van der Waals surface area contributed by atoms with E-state index >= 15 is 0 Å². The first kappa shape index (κ1) is 15.1. The van der Waals surface area contributed by atoms with Crippen LogP contribution in [0.25, 0.3) is 5.70 Å². The summed E-state index contributed by atoms with van der Waals surface area (Å²) in [5.74, 6) is 0. The number of rotatable bonds is 2. The van der Waals surface area contributed by atoms with Crippen molar-refractivity contribution in [3.8, 4) is 0 Å². The number of fused-ring (bicyclic) bond motifs is 6.